The Kier molecular flexibility index (Phi) is 3.56. The van der Waals surface area contributed by atoms with Gasteiger partial charge in [0.15, 0.2) is 5.82 Å². The van der Waals surface area contributed by atoms with Crippen molar-refractivity contribution in [1.29, 1.82) is 0 Å². The average molecular weight is 205 g/mol. The van der Waals surface area contributed by atoms with Gasteiger partial charge >= 0.3 is 0 Å². The largest absolute Gasteiger partial charge is 0.515 e. The highest BCUT2D eigenvalue weighted by Crippen LogP contribution is 2.07. The monoisotopic (exact) mass is 205 g/mol. The lowest BCUT2D eigenvalue weighted by atomic mass is 10.3. The summed E-state index contributed by atoms with van der Waals surface area (Å²) < 4.78 is 0. The smallest absolute Gasteiger partial charge is 0.253 e. The zero-order valence-electron chi connectivity index (χ0n) is 8.21. The highest BCUT2D eigenvalue weighted by Gasteiger charge is 2.00. The molecule has 0 bridgehead atoms. The van der Waals surface area contributed by atoms with E-state index in [1.807, 2.05) is 13.0 Å². The molecule has 1 rings (SSSR count). The lowest BCUT2D eigenvalue weighted by Gasteiger charge is -1.95. The number of carbonyl (C=O) groups excluding carboxylic acids is 1. The van der Waals surface area contributed by atoms with Gasteiger partial charge in [-0.05, 0) is 19.1 Å². The average Bonchev–Trinajstić information content (AvgIpc) is 2.18. The highest BCUT2D eigenvalue weighted by molar-refractivity contribution is 6.11. The third-order valence-electron chi connectivity index (χ3n) is 1.63. The summed E-state index contributed by atoms with van der Waals surface area (Å²) >= 11 is 0. The number of primary amides is 1. The SMILES string of the molecule is Cc1cccc(/N=C\C(=C\O)C(N)=O)n1. The van der Waals surface area contributed by atoms with Gasteiger partial charge in [-0.15, -0.1) is 0 Å². The number of hydrogen-bond donors (Lipinski definition) is 2. The molecule has 5 nitrogen and oxygen atoms in total. The summed E-state index contributed by atoms with van der Waals surface area (Å²) in [5, 5.41) is 8.65. The number of rotatable bonds is 3. The Morgan fingerprint density at radius 2 is 2.33 bits per heavy atom. The first-order valence-electron chi connectivity index (χ1n) is 4.25. The number of aromatic nitrogens is 1. The molecule has 0 aliphatic heterocycles. The van der Waals surface area contributed by atoms with Gasteiger partial charge in [0.25, 0.3) is 5.91 Å². The normalized spacial score (nSPS) is 11.9. The summed E-state index contributed by atoms with van der Waals surface area (Å²) in [6, 6.07) is 5.30. The lowest BCUT2D eigenvalue weighted by Crippen LogP contribution is -2.14. The third-order valence-corrected chi connectivity index (χ3v) is 1.63. The van der Waals surface area contributed by atoms with Crippen molar-refractivity contribution in [2.24, 2.45) is 10.7 Å². The molecule has 15 heavy (non-hydrogen) atoms. The van der Waals surface area contributed by atoms with Gasteiger partial charge < -0.3 is 10.8 Å². The zero-order chi connectivity index (χ0) is 11.3. The van der Waals surface area contributed by atoms with E-state index in [0.29, 0.717) is 12.1 Å². The van der Waals surface area contributed by atoms with E-state index in [4.69, 9.17) is 10.8 Å². The molecule has 1 aromatic rings. The van der Waals surface area contributed by atoms with Crippen molar-refractivity contribution < 1.29 is 9.90 Å². The maximum absolute atomic E-state index is 10.7. The number of carbonyl (C=O) groups is 1. The Balaban J connectivity index is 2.86. The summed E-state index contributed by atoms with van der Waals surface area (Å²) in [7, 11) is 0. The van der Waals surface area contributed by atoms with E-state index < -0.39 is 5.91 Å². The second kappa shape index (κ2) is 4.90. The predicted octanol–water partition coefficient (Wildman–Crippen LogP) is 1.02. The molecule has 0 radical (unpaired) electrons. The molecular formula is C10H11N3O2. The highest BCUT2D eigenvalue weighted by atomic mass is 16.2. The van der Waals surface area contributed by atoms with Crippen LogP contribution < -0.4 is 5.73 Å². The zero-order valence-corrected chi connectivity index (χ0v) is 8.21. The van der Waals surface area contributed by atoms with Crippen LogP contribution in [-0.2, 0) is 4.79 Å². The lowest BCUT2D eigenvalue weighted by molar-refractivity contribution is -0.114. The fourth-order valence-electron chi connectivity index (χ4n) is 0.897. The molecular weight excluding hydrogens is 194 g/mol. The number of hydrogen-bond acceptors (Lipinski definition) is 4. The Morgan fingerprint density at radius 3 is 2.87 bits per heavy atom. The molecule has 0 saturated carbocycles. The molecule has 3 N–H and O–H groups in total. The van der Waals surface area contributed by atoms with Crippen molar-refractivity contribution in [1.82, 2.24) is 4.98 Å². The van der Waals surface area contributed by atoms with Crippen molar-refractivity contribution in [3.63, 3.8) is 0 Å². The number of nitrogens with two attached hydrogens (primary N) is 1. The van der Waals surface area contributed by atoms with Crippen molar-refractivity contribution in [3.05, 3.63) is 35.7 Å². The molecule has 0 atom stereocenters. The number of aliphatic imine (C=N–C) groups is 1. The molecule has 0 fully saturated rings. The second-order valence-corrected chi connectivity index (χ2v) is 2.84. The van der Waals surface area contributed by atoms with Crippen LogP contribution in [0.3, 0.4) is 0 Å². The molecule has 0 saturated heterocycles. The first kappa shape index (κ1) is 10.9. The Hall–Kier alpha value is -2.17. The summed E-state index contributed by atoms with van der Waals surface area (Å²) in [6.07, 6.45) is 1.78. The van der Waals surface area contributed by atoms with Gasteiger partial charge in [-0.2, -0.15) is 0 Å². The van der Waals surface area contributed by atoms with Gasteiger partial charge in [0.05, 0.1) is 11.8 Å². The predicted molar refractivity (Wildman–Crippen MR) is 57.0 cm³/mol. The molecule has 1 heterocycles. The number of pyridine rings is 1. The number of aliphatic hydroxyl groups excluding tert-OH is 1. The van der Waals surface area contributed by atoms with Gasteiger partial charge in [0.1, 0.15) is 0 Å². The number of aliphatic hydroxyl groups is 1. The van der Waals surface area contributed by atoms with Crippen molar-refractivity contribution in [3.8, 4) is 0 Å². The van der Waals surface area contributed by atoms with E-state index in [1.165, 1.54) is 6.21 Å². The summed E-state index contributed by atoms with van der Waals surface area (Å²) in [5.74, 6) is -0.287. The van der Waals surface area contributed by atoms with E-state index in [0.717, 1.165) is 5.69 Å². The van der Waals surface area contributed by atoms with Crippen LogP contribution >= 0.6 is 0 Å². The van der Waals surface area contributed by atoms with Gasteiger partial charge in [-0.3, -0.25) is 4.79 Å². The number of amides is 1. The first-order valence-corrected chi connectivity index (χ1v) is 4.25. The molecule has 5 heteroatoms. The molecule has 0 aromatic carbocycles. The fraction of sp³-hybridized carbons (Fsp3) is 0.100. The van der Waals surface area contributed by atoms with Gasteiger partial charge in [-0.1, -0.05) is 6.07 Å². The van der Waals surface area contributed by atoms with E-state index in [2.05, 4.69) is 9.98 Å². The van der Waals surface area contributed by atoms with Crippen LogP contribution in [0.25, 0.3) is 0 Å². The Bertz CT molecular complexity index is 424. The van der Waals surface area contributed by atoms with Crippen LogP contribution in [0.4, 0.5) is 5.82 Å². The van der Waals surface area contributed by atoms with E-state index in [9.17, 15) is 4.79 Å². The van der Waals surface area contributed by atoms with Crippen LogP contribution in [0, 0.1) is 6.92 Å². The van der Waals surface area contributed by atoms with Crippen molar-refractivity contribution >= 4 is 17.9 Å². The van der Waals surface area contributed by atoms with Gasteiger partial charge in [-0.25, -0.2) is 9.98 Å². The van der Waals surface area contributed by atoms with Crippen LogP contribution in [0.1, 0.15) is 5.69 Å². The quantitative estimate of drug-likeness (QED) is 0.438. The molecule has 1 aromatic heterocycles. The van der Waals surface area contributed by atoms with E-state index in [1.54, 1.807) is 12.1 Å². The minimum atomic E-state index is -0.742. The van der Waals surface area contributed by atoms with E-state index >= 15 is 0 Å². The summed E-state index contributed by atoms with van der Waals surface area (Å²) in [5.41, 5.74) is 5.71. The third kappa shape index (κ3) is 3.22. The minimum absolute atomic E-state index is 0.0710. The molecule has 0 aliphatic rings. The van der Waals surface area contributed by atoms with Crippen LogP contribution in [0.5, 0.6) is 0 Å². The molecule has 0 unspecified atom stereocenters. The second-order valence-electron chi connectivity index (χ2n) is 2.84. The standard InChI is InChI=1S/C10H11N3O2/c1-7-3-2-4-9(13-7)12-5-8(6-14)10(11)15/h2-6,14H,1H3,(H2,11,15)/b8-6-,12-5-. The topological polar surface area (TPSA) is 88.6 Å². The maximum Gasteiger partial charge on any atom is 0.253 e. The Labute approximate surface area is 87.0 Å². The van der Waals surface area contributed by atoms with Crippen LogP contribution in [-0.4, -0.2) is 22.2 Å². The van der Waals surface area contributed by atoms with Crippen molar-refractivity contribution in [2.45, 2.75) is 6.92 Å². The summed E-state index contributed by atoms with van der Waals surface area (Å²) in [4.78, 5) is 18.7. The molecule has 78 valence electrons. The fourth-order valence-corrected chi connectivity index (χ4v) is 0.897. The van der Waals surface area contributed by atoms with Crippen LogP contribution in [0.15, 0.2) is 35.0 Å². The Morgan fingerprint density at radius 1 is 1.60 bits per heavy atom. The van der Waals surface area contributed by atoms with Crippen molar-refractivity contribution in [2.75, 3.05) is 0 Å². The van der Waals surface area contributed by atoms with E-state index in [-0.39, 0.29) is 5.57 Å². The summed E-state index contributed by atoms with van der Waals surface area (Å²) in [6.45, 7) is 1.83. The van der Waals surface area contributed by atoms with Crippen LogP contribution in [0.2, 0.25) is 0 Å². The minimum Gasteiger partial charge on any atom is -0.515 e. The molecule has 0 aliphatic carbocycles. The van der Waals surface area contributed by atoms with Gasteiger partial charge in [0.2, 0.25) is 0 Å². The van der Waals surface area contributed by atoms with Gasteiger partial charge in [0, 0.05) is 11.9 Å². The molecule has 1 amide bonds. The maximum atomic E-state index is 10.7. The first-order chi connectivity index (χ1) is 7.13. The number of aryl methyl sites for hydroxylation is 1. The number of nitrogens with zero attached hydrogens (tertiary/aromatic N) is 2. The molecule has 0 spiro atoms.